The molecule has 15 heavy (non-hydrogen) atoms. The molecule has 0 saturated carbocycles. The van der Waals surface area contributed by atoms with Gasteiger partial charge in [-0.2, -0.15) is 0 Å². The van der Waals surface area contributed by atoms with Gasteiger partial charge < -0.3 is 4.43 Å². The second-order valence-electron chi connectivity index (χ2n) is 5.19. The van der Waals surface area contributed by atoms with Crippen molar-refractivity contribution in [2.24, 2.45) is 0 Å². The van der Waals surface area contributed by atoms with Crippen LogP contribution in [0.15, 0.2) is 0 Å². The molecule has 0 aromatic rings. The van der Waals surface area contributed by atoms with E-state index in [1.807, 2.05) is 0 Å². The highest BCUT2D eigenvalue weighted by Gasteiger charge is 2.13. The monoisotopic (exact) mass is 230 g/mol. The second-order valence-corrected chi connectivity index (χ2v) is 5.60. The van der Waals surface area contributed by atoms with Gasteiger partial charge in [0, 0.05) is 5.60 Å². The molecule has 0 heterocycles. The number of hydrogen-bond donors (Lipinski definition) is 0. The second kappa shape index (κ2) is 9.41. The Morgan fingerprint density at radius 3 is 1.80 bits per heavy atom. The Morgan fingerprint density at radius 2 is 1.33 bits per heavy atom. The minimum atomic E-state index is 0.147. The zero-order valence-electron chi connectivity index (χ0n) is 11.3. The number of hydrogen-bond acceptors (Lipinski definition) is 1. The summed E-state index contributed by atoms with van der Waals surface area (Å²) in [6.07, 6.45) is 12.4. The van der Waals surface area contributed by atoms with Gasteiger partial charge in [-0.3, -0.25) is 0 Å². The highest BCUT2D eigenvalue weighted by molar-refractivity contribution is 5.98. The molecule has 0 saturated heterocycles. The lowest BCUT2D eigenvalue weighted by molar-refractivity contribution is 0.109. The quantitative estimate of drug-likeness (QED) is 0.412. The molecular formula is C13H30OSi. The van der Waals surface area contributed by atoms with E-state index in [4.69, 9.17) is 4.43 Å². The van der Waals surface area contributed by atoms with Crippen molar-refractivity contribution in [2.45, 2.75) is 84.2 Å². The molecule has 0 rings (SSSR count). The highest BCUT2D eigenvalue weighted by Crippen LogP contribution is 2.18. The Morgan fingerprint density at radius 1 is 0.867 bits per heavy atom. The summed E-state index contributed by atoms with van der Waals surface area (Å²) in [6, 6.07) is 0. The molecule has 0 amide bonds. The molecule has 1 nitrogen and oxygen atoms in total. The first kappa shape index (κ1) is 15.2. The van der Waals surface area contributed by atoms with E-state index in [1.54, 1.807) is 0 Å². The van der Waals surface area contributed by atoms with Crippen LogP contribution >= 0.6 is 0 Å². The van der Waals surface area contributed by atoms with Crippen molar-refractivity contribution in [3.63, 3.8) is 0 Å². The standard InChI is InChI=1S/C13H30OSi/c1-4-5-6-7-8-9-10-11-12-13(2,3)14-15/h4-12H2,1-3,15H3. The maximum Gasteiger partial charge on any atom is 0.146 e. The summed E-state index contributed by atoms with van der Waals surface area (Å²) in [6.45, 7) is 6.69. The van der Waals surface area contributed by atoms with Crippen LogP contribution in [0.3, 0.4) is 0 Å². The van der Waals surface area contributed by atoms with Gasteiger partial charge in [-0.05, 0) is 20.3 Å². The summed E-state index contributed by atoms with van der Waals surface area (Å²) in [5.41, 5.74) is 0.147. The van der Waals surface area contributed by atoms with Crippen molar-refractivity contribution in [1.82, 2.24) is 0 Å². The zero-order valence-corrected chi connectivity index (χ0v) is 13.3. The summed E-state index contributed by atoms with van der Waals surface area (Å²) in [4.78, 5) is 0. The fourth-order valence-corrected chi connectivity index (χ4v) is 1.99. The predicted molar refractivity (Wildman–Crippen MR) is 72.3 cm³/mol. The number of rotatable bonds is 10. The van der Waals surface area contributed by atoms with Crippen LogP contribution in [-0.2, 0) is 4.43 Å². The minimum absolute atomic E-state index is 0.147. The molecule has 0 atom stereocenters. The molecule has 0 N–H and O–H groups in total. The van der Waals surface area contributed by atoms with Gasteiger partial charge in [0.1, 0.15) is 10.5 Å². The highest BCUT2D eigenvalue weighted by atomic mass is 28.2. The van der Waals surface area contributed by atoms with E-state index in [9.17, 15) is 0 Å². The lowest BCUT2D eigenvalue weighted by Crippen LogP contribution is -2.22. The van der Waals surface area contributed by atoms with Crippen LogP contribution in [0.5, 0.6) is 0 Å². The first-order valence-corrected chi connectivity index (χ1v) is 7.49. The maximum absolute atomic E-state index is 5.54. The Labute approximate surface area is 99.5 Å². The zero-order chi connectivity index (χ0) is 11.6. The Kier molecular flexibility index (Phi) is 9.52. The molecule has 0 radical (unpaired) electrons. The SMILES string of the molecule is CCCCCCCCCCC(C)(C)O[SiH3]. The molecule has 0 unspecified atom stereocenters. The van der Waals surface area contributed by atoms with E-state index < -0.39 is 0 Å². The van der Waals surface area contributed by atoms with Crippen LogP contribution in [0.1, 0.15) is 78.6 Å². The van der Waals surface area contributed by atoms with Crippen LogP contribution in [0.25, 0.3) is 0 Å². The Hall–Kier alpha value is 0.177. The molecule has 0 spiro atoms. The molecule has 0 aromatic carbocycles. The van der Waals surface area contributed by atoms with E-state index in [-0.39, 0.29) is 5.60 Å². The Bertz CT molecular complexity index is 134. The minimum Gasteiger partial charge on any atom is -0.423 e. The molecule has 0 aromatic heterocycles. The van der Waals surface area contributed by atoms with E-state index in [1.165, 1.54) is 57.8 Å². The fourth-order valence-electron chi connectivity index (χ4n) is 1.79. The third kappa shape index (κ3) is 10.5. The molecule has 0 aliphatic carbocycles. The van der Waals surface area contributed by atoms with E-state index in [2.05, 4.69) is 20.8 Å². The van der Waals surface area contributed by atoms with Gasteiger partial charge in [0.05, 0.1) is 0 Å². The lowest BCUT2D eigenvalue weighted by Gasteiger charge is -2.23. The van der Waals surface area contributed by atoms with Gasteiger partial charge in [0.2, 0.25) is 0 Å². The Balaban J connectivity index is 3.11. The lowest BCUT2D eigenvalue weighted by atomic mass is 9.99. The normalized spacial score (nSPS) is 12.2. The van der Waals surface area contributed by atoms with Gasteiger partial charge in [-0.15, -0.1) is 0 Å². The molecule has 92 valence electrons. The van der Waals surface area contributed by atoms with Crippen LogP contribution in [0, 0.1) is 0 Å². The molecular weight excluding hydrogens is 200 g/mol. The molecule has 0 fully saturated rings. The van der Waals surface area contributed by atoms with Crippen molar-refractivity contribution >= 4 is 10.5 Å². The van der Waals surface area contributed by atoms with Gasteiger partial charge in [-0.1, -0.05) is 58.3 Å². The van der Waals surface area contributed by atoms with E-state index >= 15 is 0 Å². The van der Waals surface area contributed by atoms with Gasteiger partial charge in [-0.25, -0.2) is 0 Å². The van der Waals surface area contributed by atoms with Crippen molar-refractivity contribution in [1.29, 1.82) is 0 Å². The summed E-state index contributed by atoms with van der Waals surface area (Å²) < 4.78 is 5.54. The average Bonchev–Trinajstić information content (AvgIpc) is 2.22. The topological polar surface area (TPSA) is 9.23 Å². The smallest absolute Gasteiger partial charge is 0.146 e. The van der Waals surface area contributed by atoms with Gasteiger partial charge in [0.15, 0.2) is 0 Å². The maximum atomic E-state index is 5.54. The van der Waals surface area contributed by atoms with Crippen molar-refractivity contribution in [3.8, 4) is 0 Å². The average molecular weight is 230 g/mol. The molecule has 0 aliphatic rings. The van der Waals surface area contributed by atoms with Gasteiger partial charge in [0.25, 0.3) is 0 Å². The fraction of sp³-hybridized carbons (Fsp3) is 1.00. The summed E-state index contributed by atoms with van der Waals surface area (Å²) >= 11 is 0. The third-order valence-corrected chi connectivity index (χ3v) is 4.29. The summed E-state index contributed by atoms with van der Waals surface area (Å²) in [5.74, 6) is 0. The van der Waals surface area contributed by atoms with E-state index in [0.717, 1.165) is 10.5 Å². The van der Waals surface area contributed by atoms with Crippen molar-refractivity contribution in [2.75, 3.05) is 0 Å². The van der Waals surface area contributed by atoms with E-state index in [0.29, 0.717) is 0 Å². The molecule has 0 aliphatic heterocycles. The first-order valence-electron chi connectivity index (χ1n) is 6.67. The molecule has 2 heteroatoms. The van der Waals surface area contributed by atoms with Crippen LogP contribution in [0.4, 0.5) is 0 Å². The van der Waals surface area contributed by atoms with Crippen LogP contribution in [-0.4, -0.2) is 16.1 Å². The summed E-state index contributed by atoms with van der Waals surface area (Å²) in [5, 5.41) is 0. The summed E-state index contributed by atoms with van der Waals surface area (Å²) in [7, 11) is 0.868. The van der Waals surface area contributed by atoms with Crippen LogP contribution in [0.2, 0.25) is 0 Å². The van der Waals surface area contributed by atoms with Gasteiger partial charge >= 0.3 is 0 Å². The van der Waals surface area contributed by atoms with Crippen molar-refractivity contribution < 1.29 is 4.43 Å². The largest absolute Gasteiger partial charge is 0.423 e. The third-order valence-electron chi connectivity index (χ3n) is 3.18. The number of unbranched alkanes of at least 4 members (excludes halogenated alkanes) is 7. The first-order chi connectivity index (χ1) is 7.12. The van der Waals surface area contributed by atoms with Crippen molar-refractivity contribution in [3.05, 3.63) is 0 Å². The van der Waals surface area contributed by atoms with Crippen LogP contribution < -0.4 is 0 Å². The molecule has 0 bridgehead atoms. The predicted octanol–water partition coefficient (Wildman–Crippen LogP) is 3.59.